The molecule has 0 radical (unpaired) electrons. The second-order valence-corrected chi connectivity index (χ2v) is 6.45. The smallest absolute Gasteiger partial charge is 0.159 e. The fraction of sp³-hybridized carbons (Fsp3) is 0.381. The predicted octanol–water partition coefficient (Wildman–Crippen LogP) is 4.73. The Morgan fingerprint density at radius 3 is 2.58 bits per heavy atom. The van der Waals surface area contributed by atoms with E-state index in [-0.39, 0.29) is 5.92 Å². The van der Waals surface area contributed by atoms with E-state index in [1.165, 1.54) is 6.07 Å². The van der Waals surface area contributed by atoms with Gasteiger partial charge in [-0.25, -0.2) is 8.78 Å². The van der Waals surface area contributed by atoms with Crippen molar-refractivity contribution in [2.75, 3.05) is 6.61 Å². The highest BCUT2D eigenvalue weighted by atomic mass is 19.2. The van der Waals surface area contributed by atoms with Crippen LogP contribution in [-0.4, -0.2) is 19.0 Å². The number of rotatable bonds is 6. The van der Waals surface area contributed by atoms with Crippen LogP contribution < -0.4 is 0 Å². The molecule has 0 bridgehead atoms. The van der Waals surface area contributed by atoms with Crippen molar-refractivity contribution >= 4 is 0 Å². The first-order chi connectivity index (χ1) is 12.7. The molecule has 0 saturated carbocycles. The average molecular weight is 357 g/mol. The summed E-state index contributed by atoms with van der Waals surface area (Å²) in [6.45, 7) is 0.627. The molecule has 2 aromatic rings. The highest BCUT2D eigenvalue weighted by Gasteiger charge is 2.28. The summed E-state index contributed by atoms with van der Waals surface area (Å²) in [6, 6.07) is 15.6. The third kappa shape index (κ3) is 4.66. The van der Waals surface area contributed by atoms with Gasteiger partial charge in [0.05, 0.1) is 6.07 Å². The van der Waals surface area contributed by atoms with Crippen molar-refractivity contribution in [1.82, 2.24) is 0 Å². The molecule has 136 valence electrons. The van der Waals surface area contributed by atoms with Crippen LogP contribution in [0.3, 0.4) is 0 Å². The van der Waals surface area contributed by atoms with Crippen LogP contribution in [0, 0.1) is 23.0 Å². The Bertz CT molecular complexity index is 754. The second kappa shape index (κ2) is 8.88. The Morgan fingerprint density at radius 1 is 1.12 bits per heavy atom. The summed E-state index contributed by atoms with van der Waals surface area (Å²) in [5, 5.41) is 9.70. The van der Waals surface area contributed by atoms with Gasteiger partial charge in [-0.3, -0.25) is 0 Å². The summed E-state index contributed by atoms with van der Waals surface area (Å²) in [7, 11) is 0. The van der Waals surface area contributed by atoms with Gasteiger partial charge in [0.15, 0.2) is 24.0 Å². The molecule has 0 spiro atoms. The van der Waals surface area contributed by atoms with E-state index < -0.39 is 24.0 Å². The number of hydrogen-bond acceptors (Lipinski definition) is 3. The quantitative estimate of drug-likeness (QED) is 0.751. The molecule has 5 heteroatoms. The van der Waals surface area contributed by atoms with Crippen LogP contribution in [0.5, 0.6) is 0 Å². The first kappa shape index (κ1) is 18.5. The first-order valence-corrected chi connectivity index (χ1v) is 8.83. The van der Waals surface area contributed by atoms with Crippen molar-refractivity contribution in [3.05, 3.63) is 71.3 Å². The van der Waals surface area contributed by atoms with Crippen LogP contribution in [0.15, 0.2) is 48.5 Å². The Kier molecular flexibility index (Phi) is 6.32. The van der Waals surface area contributed by atoms with E-state index in [0.717, 1.165) is 30.9 Å². The number of benzene rings is 2. The van der Waals surface area contributed by atoms with E-state index in [1.54, 1.807) is 6.07 Å². The lowest BCUT2D eigenvalue weighted by molar-refractivity contribution is -0.180. The highest BCUT2D eigenvalue weighted by Crippen LogP contribution is 2.29. The van der Waals surface area contributed by atoms with Crippen LogP contribution in [0.2, 0.25) is 0 Å². The van der Waals surface area contributed by atoms with Crippen LogP contribution in [-0.2, 0) is 15.9 Å². The number of nitrogens with zero attached hydrogens (tertiary/aromatic N) is 1. The molecule has 0 amide bonds. The molecule has 1 aliphatic rings. The van der Waals surface area contributed by atoms with E-state index in [9.17, 15) is 14.0 Å². The molecule has 3 atom stereocenters. The van der Waals surface area contributed by atoms with Crippen LogP contribution in [0.1, 0.15) is 36.3 Å². The van der Waals surface area contributed by atoms with Crippen LogP contribution in [0.25, 0.3) is 0 Å². The van der Waals surface area contributed by atoms with Gasteiger partial charge in [0, 0.05) is 12.5 Å². The summed E-state index contributed by atoms with van der Waals surface area (Å²) < 4.78 is 38.4. The summed E-state index contributed by atoms with van der Waals surface area (Å²) >= 11 is 0. The van der Waals surface area contributed by atoms with E-state index in [4.69, 9.17) is 9.47 Å². The molecule has 3 rings (SSSR count). The minimum Gasteiger partial charge on any atom is -0.353 e. The minimum absolute atomic E-state index is 0.309. The van der Waals surface area contributed by atoms with Crippen molar-refractivity contribution in [3.63, 3.8) is 0 Å². The average Bonchev–Trinajstić information content (AvgIpc) is 2.69. The largest absolute Gasteiger partial charge is 0.353 e. The maximum atomic E-state index is 13.6. The van der Waals surface area contributed by atoms with Gasteiger partial charge in [-0.2, -0.15) is 5.26 Å². The normalized spacial score (nSPS) is 19.5. The molecular formula is C21H21F2NO2. The molecule has 1 saturated heterocycles. The van der Waals surface area contributed by atoms with Crippen molar-refractivity contribution in [2.45, 2.75) is 44.0 Å². The van der Waals surface area contributed by atoms with Crippen molar-refractivity contribution in [3.8, 4) is 6.07 Å². The third-order valence-electron chi connectivity index (χ3n) is 4.60. The van der Waals surface area contributed by atoms with Gasteiger partial charge >= 0.3 is 0 Å². The molecule has 3 nitrogen and oxygen atoms in total. The molecular weight excluding hydrogens is 336 g/mol. The summed E-state index contributed by atoms with van der Waals surface area (Å²) in [4.78, 5) is 0. The third-order valence-corrected chi connectivity index (χ3v) is 4.60. The van der Waals surface area contributed by atoms with Crippen molar-refractivity contribution < 1.29 is 18.3 Å². The Labute approximate surface area is 152 Å². The lowest BCUT2D eigenvalue weighted by Crippen LogP contribution is -2.31. The highest BCUT2D eigenvalue weighted by molar-refractivity contribution is 5.28. The van der Waals surface area contributed by atoms with Crippen molar-refractivity contribution in [2.24, 2.45) is 0 Å². The molecule has 0 aromatic heterocycles. The Balaban J connectivity index is 1.84. The molecule has 1 aliphatic heterocycles. The van der Waals surface area contributed by atoms with Crippen molar-refractivity contribution in [1.29, 1.82) is 5.26 Å². The lowest BCUT2D eigenvalue weighted by atomic mass is 9.87. The molecule has 1 heterocycles. The van der Waals surface area contributed by atoms with Gasteiger partial charge in [0.1, 0.15) is 0 Å². The van der Waals surface area contributed by atoms with E-state index >= 15 is 0 Å². The second-order valence-electron chi connectivity index (χ2n) is 6.45. The maximum absolute atomic E-state index is 13.6. The zero-order chi connectivity index (χ0) is 18.4. The topological polar surface area (TPSA) is 42.2 Å². The molecule has 26 heavy (non-hydrogen) atoms. The molecule has 0 aliphatic carbocycles. The fourth-order valence-electron chi connectivity index (χ4n) is 3.22. The number of hydrogen-bond donors (Lipinski definition) is 0. The predicted molar refractivity (Wildman–Crippen MR) is 93.3 cm³/mol. The summed E-state index contributed by atoms with van der Waals surface area (Å²) in [5.41, 5.74) is 1.53. The van der Waals surface area contributed by atoms with Gasteiger partial charge < -0.3 is 9.47 Å². The molecule has 3 unspecified atom stereocenters. The molecule has 1 fully saturated rings. The summed E-state index contributed by atoms with van der Waals surface area (Å²) in [5.74, 6) is -2.08. The zero-order valence-electron chi connectivity index (χ0n) is 14.4. The Hall–Kier alpha value is -2.29. The summed E-state index contributed by atoms with van der Waals surface area (Å²) in [6.07, 6.45) is 1.98. The van der Waals surface area contributed by atoms with Crippen LogP contribution >= 0.6 is 0 Å². The van der Waals surface area contributed by atoms with E-state index in [0.29, 0.717) is 18.6 Å². The maximum Gasteiger partial charge on any atom is 0.159 e. The fourth-order valence-corrected chi connectivity index (χ4v) is 3.22. The monoisotopic (exact) mass is 357 g/mol. The number of nitriles is 1. The standard InChI is InChI=1S/C21H21F2NO2/c22-18-10-9-15(13-19(18)23)12-17(16-6-2-1-3-7-16)20(14-24)26-21-8-4-5-11-25-21/h1-3,6-7,9-10,13,17,20-21H,4-5,8,11-12H2. The molecule has 2 aromatic carbocycles. The zero-order valence-corrected chi connectivity index (χ0v) is 14.4. The Morgan fingerprint density at radius 2 is 1.92 bits per heavy atom. The number of halogens is 2. The number of ether oxygens (including phenoxy) is 2. The van der Waals surface area contributed by atoms with Gasteiger partial charge in [0.2, 0.25) is 0 Å². The van der Waals surface area contributed by atoms with Crippen LogP contribution in [0.4, 0.5) is 8.78 Å². The lowest BCUT2D eigenvalue weighted by Gasteiger charge is -2.29. The van der Waals surface area contributed by atoms with Gasteiger partial charge in [-0.05, 0) is 48.9 Å². The van der Waals surface area contributed by atoms with Gasteiger partial charge in [-0.15, -0.1) is 0 Å². The van der Waals surface area contributed by atoms with Gasteiger partial charge in [0.25, 0.3) is 0 Å². The first-order valence-electron chi connectivity index (χ1n) is 8.83. The minimum atomic E-state index is -0.889. The van der Waals surface area contributed by atoms with E-state index in [1.807, 2.05) is 30.3 Å². The SMILES string of the molecule is N#CC(OC1CCCCO1)C(Cc1ccc(F)c(F)c1)c1ccccc1. The van der Waals surface area contributed by atoms with E-state index in [2.05, 4.69) is 6.07 Å². The van der Waals surface area contributed by atoms with Gasteiger partial charge in [-0.1, -0.05) is 36.4 Å². The molecule has 0 N–H and O–H groups in total.